The summed E-state index contributed by atoms with van der Waals surface area (Å²) in [5.74, 6) is 0.741. The zero-order valence-corrected chi connectivity index (χ0v) is 24.6. The number of ether oxygens (including phenoxy) is 3. The molecule has 6 nitrogen and oxygen atoms in total. The minimum atomic E-state index is -0.409. The van der Waals surface area contributed by atoms with Crippen molar-refractivity contribution in [2.24, 2.45) is 10.7 Å². The van der Waals surface area contributed by atoms with E-state index in [1.807, 2.05) is 38.1 Å². The third-order valence-electron chi connectivity index (χ3n) is 8.25. The summed E-state index contributed by atoms with van der Waals surface area (Å²) >= 11 is 0. The highest BCUT2D eigenvalue weighted by atomic mass is 19.1. The molecule has 0 amide bonds. The van der Waals surface area contributed by atoms with E-state index in [2.05, 4.69) is 31.0 Å². The number of methoxy groups -OCH3 is 1. The van der Waals surface area contributed by atoms with E-state index in [1.165, 1.54) is 7.11 Å². The first-order chi connectivity index (χ1) is 19.6. The molecule has 7 heteroatoms. The summed E-state index contributed by atoms with van der Waals surface area (Å²) in [5, 5.41) is 0. The summed E-state index contributed by atoms with van der Waals surface area (Å²) in [4.78, 5) is 16.1. The first-order valence-electron chi connectivity index (χ1n) is 14.0. The van der Waals surface area contributed by atoms with Crippen LogP contribution in [0.1, 0.15) is 72.1 Å². The Labute approximate surface area is 241 Å². The van der Waals surface area contributed by atoms with Crippen LogP contribution in [0.25, 0.3) is 16.7 Å². The van der Waals surface area contributed by atoms with Crippen LogP contribution in [0.3, 0.4) is 0 Å². The fourth-order valence-electron chi connectivity index (χ4n) is 6.34. The van der Waals surface area contributed by atoms with Gasteiger partial charge in [-0.2, -0.15) is 0 Å². The molecule has 214 valence electrons. The van der Waals surface area contributed by atoms with E-state index in [1.54, 1.807) is 13.1 Å². The maximum absolute atomic E-state index is 15.4. The van der Waals surface area contributed by atoms with Gasteiger partial charge in [0.15, 0.2) is 0 Å². The molecule has 0 radical (unpaired) electrons. The SMILES string of the molecule is CN=C(C)/C(=C(/C)N)c1cc(C)c(-c2ccc(F)c3c2CC[C@H]3Oc2ccc3c(c2)OCC3CC(=O)OC)c(C)c1. The number of benzene rings is 3. The van der Waals surface area contributed by atoms with E-state index >= 15 is 4.39 Å². The van der Waals surface area contributed by atoms with E-state index in [0.29, 0.717) is 36.5 Å². The second-order valence-corrected chi connectivity index (χ2v) is 11.0. The van der Waals surface area contributed by atoms with Crippen molar-refractivity contribution in [3.8, 4) is 22.6 Å². The lowest BCUT2D eigenvalue weighted by atomic mass is 9.87. The zero-order chi connectivity index (χ0) is 29.4. The average Bonchev–Trinajstić information content (AvgIpc) is 3.54. The van der Waals surface area contributed by atoms with Gasteiger partial charge in [-0.05, 0) is 86.1 Å². The first kappa shape index (κ1) is 28.4. The molecule has 3 aromatic rings. The van der Waals surface area contributed by atoms with E-state index in [-0.39, 0.29) is 24.1 Å². The van der Waals surface area contributed by atoms with Gasteiger partial charge in [0.1, 0.15) is 23.4 Å². The van der Waals surface area contributed by atoms with Gasteiger partial charge in [-0.25, -0.2) is 4.39 Å². The quantitative estimate of drug-likeness (QED) is 0.250. The summed E-state index contributed by atoms with van der Waals surface area (Å²) in [6, 6.07) is 13.4. The fraction of sp³-hybridized carbons (Fsp3) is 0.353. The molecule has 2 N–H and O–H groups in total. The minimum absolute atomic E-state index is 0.0462. The van der Waals surface area contributed by atoms with Crippen molar-refractivity contribution in [1.82, 2.24) is 0 Å². The molecule has 2 atom stereocenters. The Hall–Kier alpha value is -4.13. The third kappa shape index (κ3) is 5.33. The topological polar surface area (TPSA) is 83.1 Å². The molecule has 0 aromatic heterocycles. The van der Waals surface area contributed by atoms with Gasteiger partial charge in [0.25, 0.3) is 0 Å². The van der Waals surface area contributed by atoms with Crippen LogP contribution in [0.4, 0.5) is 4.39 Å². The number of halogens is 1. The number of nitrogens with zero attached hydrogens (tertiary/aromatic N) is 1. The van der Waals surface area contributed by atoms with E-state index in [0.717, 1.165) is 55.9 Å². The number of carbonyl (C=O) groups is 1. The van der Waals surface area contributed by atoms with Crippen molar-refractivity contribution in [1.29, 1.82) is 0 Å². The van der Waals surface area contributed by atoms with Gasteiger partial charge in [0, 0.05) is 47.1 Å². The van der Waals surface area contributed by atoms with Gasteiger partial charge in [-0.3, -0.25) is 9.79 Å². The second kappa shape index (κ2) is 11.4. The van der Waals surface area contributed by atoms with Crippen molar-refractivity contribution in [3.05, 3.63) is 87.4 Å². The van der Waals surface area contributed by atoms with Gasteiger partial charge >= 0.3 is 5.97 Å². The van der Waals surface area contributed by atoms with Gasteiger partial charge in [-0.1, -0.05) is 24.3 Å². The largest absolute Gasteiger partial charge is 0.492 e. The highest BCUT2D eigenvalue weighted by Crippen LogP contribution is 2.45. The molecule has 41 heavy (non-hydrogen) atoms. The number of esters is 1. The van der Waals surface area contributed by atoms with Gasteiger partial charge in [0.2, 0.25) is 0 Å². The molecule has 0 saturated carbocycles. The second-order valence-electron chi connectivity index (χ2n) is 11.0. The lowest BCUT2D eigenvalue weighted by Crippen LogP contribution is -2.09. The fourth-order valence-corrected chi connectivity index (χ4v) is 6.34. The zero-order valence-electron chi connectivity index (χ0n) is 24.6. The average molecular weight is 557 g/mol. The number of hydrogen-bond acceptors (Lipinski definition) is 6. The highest BCUT2D eigenvalue weighted by Gasteiger charge is 2.32. The van der Waals surface area contributed by atoms with Crippen LogP contribution in [-0.4, -0.2) is 32.4 Å². The number of aryl methyl sites for hydroxylation is 2. The predicted molar refractivity (Wildman–Crippen MR) is 160 cm³/mol. The third-order valence-corrected chi connectivity index (χ3v) is 8.25. The Bertz CT molecular complexity index is 1560. The number of hydrogen-bond donors (Lipinski definition) is 1. The molecule has 1 aliphatic carbocycles. The molecule has 0 spiro atoms. The van der Waals surface area contributed by atoms with Crippen LogP contribution in [0, 0.1) is 19.7 Å². The number of allylic oxidation sites excluding steroid dienone is 2. The molecule has 1 unspecified atom stereocenters. The molecule has 0 saturated heterocycles. The maximum atomic E-state index is 15.4. The van der Waals surface area contributed by atoms with Crippen LogP contribution in [0.15, 0.2) is 53.2 Å². The smallest absolute Gasteiger partial charge is 0.306 e. The number of rotatable bonds is 7. The van der Waals surface area contributed by atoms with Crippen molar-refractivity contribution in [2.75, 3.05) is 20.8 Å². The van der Waals surface area contributed by atoms with Crippen LogP contribution in [0.5, 0.6) is 11.5 Å². The Morgan fingerprint density at radius 3 is 2.51 bits per heavy atom. The normalized spacial score (nSPS) is 18.4. The Morgan fingerprint density at radius 1 is 1.12 bits per heavy atom. The van der Waals surface area contributed by atoms with Crippen molar-refractivity contribution < 1.29 is 23.4 Å². The molecule has 0 fully saturated rings. The summed E-state index contributed by atoms with van der Waals surface area (Å²) in [6.45, 7) is 8.45. The number of nitrogens with two attached hydrogens (primary N) is 1. The van der Waals surface area contributed by atoms with Gasteiger partial charge in [-0.15, -0.1) is 0 Å². The number of aliphatic imine (C=N–C) groups is 1. The van der Waals surface area contributed by atoms with Crippen LogP contribution in [0.2, 0.25) is 0 Å². The van der Waals surface area contributed by atoms with Crippen molar-refractivity contribution >= 4 is 17.3 Å². The van der Waals surface area contributed by atoms with Crippen LogP contribution >= 0.6 is 0 Å². The van der Waals surface area contributed by atoms with E-state index in [9.17, 15) is 4.79 Å². The van der Waals surface area contributed by atoms with E-state index in [4.69, 9.17) is 19.9 Å². The summed E-state index contributed by atoms with van der Waals surface area (Å²) in [7, 11) is 3.15. The standard InChI is InChI=1S/C34H37FN2O4/c1-18-13-22(33(20(3)36)21(4)37-5)14-19(2)32(18)26-9-11-28(35)34-27(26)10-12-29(34)41-24-7-8-25-23(15-31(38)39-6)17-40-30(25)16-24/h7-9,11,13-14,16,23,29H,10,12,15,17,36H2,1-6H3/b33-20+,37-21?/t23?,29-/m1/s1. The molecule has 2 aliphatic rings. The molecular formula is C34H37FN2O4. The number of fused-ring (bicyclic) bond motifs is 2. The molecule has 5 rings (SSSR count). The monoisotopic (exact) mass is 556 g/mol. The highest BCUT2D eigenvalue weighted by molar-refractivity contribution is 6.23. The molecular weight excluding hydrogens is 519 g/mol. The maximum Gasteiger partial charge on any atom is 0.306 e. The lowest BCUT2D eigenvalue weighted by Gasteiger charge is -2.20. The molecule has 1 aliphatic heterocycles. The lowest BCUT2D eigenvalue weighted by molar-refractivity contribution is -0.141. The Morgan fingerprint density at radius 2 is 1.85 bits per heavy atom. The van der Waals surface area contributed by atoms with Crippen molar-refractivity contribution in [3.63, 3.8) is 0 Å². The van der Waals surface area contributed by atoms with Crippen molar-refractivity contribution in [2.45, 2.75) is 59.0 Å². The molecule has 3 aromatic carbocycles. The van der Waals surface area contributed by atoms with Gasteiger partial charge in [0.05, 0.1) is 20.1 Å². The summed E-state index contributed by atoms with van der Waals surface area (Å²) in [6.07, 6.45) is 1.25. The Kier molecular flexibility index (Phi) is 7.89. The van der Waals surface area contributed by atoms with Crippen LogP contribution < -0.4 is 15.2 Å². The summed E-state index contributed by atoms with van der Waals surface area (Å²) in [5.41, 5.74) is 16.7. The predicted octanol–water partition coefficient (Wildman–Crippen LogP) is 7.00. The van der Waals surface area contributed by atoms with Crippen LogP contribution in [-0.2, 0) is 16.0 Å². The first-order valence-corrected chi connectivity index (χ1v) is 14.0. The van der Waals surface area contributed by atoms with E-state index < -0.39 is 6.10 Å². The molecule has 0 bridgehead atoms. The van der Waals surface area contributed by atoms with Gasteiger partial charge < -0.3 is 19.9 Å². The molecule has 1 heterocycles. The summed E-state index contributed by atoms with van der Waals surface area (Å²) < 4.78 is 32.4. The Balaban J connectivity index is 1.46. The minimum Gasteiger partial charge on any atom is -0.492 e. The number of carbonyl (C=O) groups excluding carboxylic acids is 1.